The van der Waals surface area contributed by atoms with Crippen LogP contribution in [0.15, 0.2) is 41.4 Å². The second-order valence-electron chi connectivity index (χ2n) is 10.7. The normalized spacial score (nSPS) is 22.8. The molecular formula is C28H39N3O3S. The third-order valence-electron chi connectivity index (χ3n) is 7.72. The molecule has 0 radical (unpaired) electrons. The van der Waals surface area contributed by atoms with E-state index in [9.17, 15) is 13.2 Å². The Morgan fingerprint density at radius 1 is 1.14 bits per heavy atom. The van der Waals surface area contributed by atoms with E-state index in [4.69, 9.17) is 0 Å². The Labute approximate surface area is 210 Å². The molecule has 1 fully saturated rings. The van der Waals surface area contributed by atoms with Crippen LogP contribution in [0.1, 0.15) is 86.6 Å². The highest BCUT2D eigenvalue weighted by Gasteiger charge is 2.34. The van der Waals surface area contributed by atoms with Gasteiger partial charge >= 0.3 is 0 Å². The van der Waals surface area contributed by atoms with E-state index in [1.807, 2.05) is 12.1 Å². The molecule has 1 saturated carbocycles. The molecule has 4 rings (SSSR count). The molecule has 1 aliphatic carbocycles. The van der Waals surface area contributed by atoms with Crippen molar-refractivity contribution < 1.29 is 13.2 Å². The molecule has 35 heavy (non-hydrogen) atoms. The minimum atomic E-state index is -3.28. The first-order valence-electron chi connectivity index (χ1n) is 13.0. The summed E-state index contributed by atoms with van der Waals surface area (Å²) in [5, 5.41) is 2.93. The smallest absolute Gasteiger partial charge is 0.251 e. The van der Waals surface area contributed by atoms with E-state index < -0.39 is 9.84 Å². The Kier molecular flexibility index (Phi) is 7.96. The van der Waals surface area contributed by atoms with Crippen molar-refractivity contribution in [1.82, 2.24) is 15.2 Å². The number of hydrogen-bond acceptors (Lipinski definition) is 5. The Hall–Kier alpha value is -2.25. The zero-order valence-corrected chi connectivity index (χ0v) is 22.3. The van der Waals surface area contributed by atoms with Gasteiger partial charge in [-0.25, -0.2) is 8.42 Å². The minimum Gasteiger partial charge on any atom is -0.346 e. The Balaban J connectivity index is 1.40. The molecule has 1 amide bonds. The molecule has 1 atom stereocenters. The zero-order valence-electron chi connectivity index (χ0n) is 21.5. The average Bonchev–Trinajstić information content (AvgIpc) is 3.21. The highest BCUT2D eigenvalue weighted by atomic mass is 32.2. The number of hydrogen-bond donors (Lipinski definition) is 1. The van der Waals surface area contributed by atoms with Crippen LogP contribution in [0.4, 0.5) is 0 Å². The lowest BCUT2D eigenvalue weighted by Crippen LogP contribution is -2.32. The lowest BCUT2D eigenvalue weighted by molar-refractivity contribution is 0.0950. The maximum Gasteiger partial charge on any atom is 0.251 e. The van der Waals surface area contributed by atoms with E-state index in [2.05, 4.69) is 42.0 Å². The third kappa shape index (κ3) is 5.95. The predicted molar refractivity (Wildman–Crippen MR) is 139 cm³/mol. The van der Waals surface area contributed by atoms with Gasteiger partial charge in [0, 0.05) is 30.9 Å². The SMILES string of the molecule is CCS(=O)(=O)c1ccc(CNC(=O)c2ccc3c(c2)CN(CC2CCC(C)CC2)C3C(C)C)nc1. The summed E-state index contributed by atoms with van der Waals surface area (Å²) in [4.78, 5) is 19.9. The van der Waals surface area contributed by atoms with Crippen LogP contribution in [-0.2, 0) is 22.9 Å². The summed E-state index contributed by atoms with van der Waals surface area (Å²) in [6.07, 6.45) is 6.70. The van der Waals surface area contributed by atoms with Crippen molar-refractivity contribution in [2.45, 2.75) is 77.4 Å². The number of amides is 1. The number of nitrogens with one attached hydrogen (secondary N) is 1. The first-order valence-corrected chi connectivity index (χ1v) is 14.7. The van der Waals surface area contributed by atoms with Crippen LogP contribution >= 0.6 is 0 Å². The lowest BCUT2D eigenvalue weighted by atomic mass is 9.82. The fourth-order valence-corrected chi connectivity index (χ4v) is 6.45. The second kappa shape index (κ2) is 10.8. The number of carbonyl (C=O) groups excluding carboxylic acids is 1. The van der Waals surface area contributed by atoms with Gasteiger partial charge in [0.25, 0.3) is 5.91 Å². The van der Waals surface area contributed by atoms with Gasteiger partial charge in [0.1, 0.15) is 0 Å². The quantitative estimate of drug-likeness (QED) is 0.546. The van der Waals surface area contributed by atoms with E-state index >= 15 is 0 Å². The van der Waals surface area contributed by atoms with Gasteiger partial charge in [0.2, 0.25) is 0 Å². The zero-order chi connectivity index (χ0) is 25.2. The maximum absolute atomic E-state index is 12.9. The van der Waals surface area contributed by atoms with Crippen molar-refractivity contribution in [1.29, 1.82) is 0 Å². The topological polar surface area (TPSA) is 79.4 Å². The van der Waals surface area contributed by atoms with Crippen molar-refractivity contribution in [2.24, 2.45) is 17.8 Å². The van der Waals surface area contributed by atoms with Crippen LogP contribution in [-0.4, -0.2) is 36.5 Å². The van der Waals surface area contributed by atoms with Crippen molar-refractivity contribution in [3.63, 3.8) is 0 Å². The maximum atomic E-state index is 12.9. The van der Waals surface area contributed by atoms with E-state index in [0.717, 1.165) is 24.9 Å². The summed E-state index contributed by atoms with van der Waals surface area (Å²) < 4.78 is 23.9. The van der Waals surface area contributed by atoms with Crippen LogP contribution in [0.2, 0.25) is 0 Å². The van der Waals surface area contributed by atoms with Crippen molar-refractivity contribution in [3.05, 3.63) is 58.9 Å². The molecule has 1 aliphatic heterocycles. The van der Waals surface area contributed by atoms with E-state index in [0.29, 0.717) is 23.2 Å². The van der Waals surface area contributed by atoms with Crippen LogP contribution in [0, 0.1) is 17.8 Å². The average molecular weight is 498 g/mol. The summed E-state index contributed by atoms with van der Waals surface area (Å²) >= 11 is 0. The summed E-state index contributed by atoms with van der Waals surface area (Å²) in [5.41, 5.74) is 3.90. The third-order valence-corrected chi connectivity index (χ3v) is 9.44. The predicted octanol–water partition coefficient (Wildman–Crippen LogP) is 5.14. The number of fused-ring (bicyclic) bond motifs is 1. The molecule has 1 aromatic heterocycles. The number of aromatic nitrogens is 1. The monoisotopic (exact) mass is 497 g/mol. The molecule has 2 heterocycles. The summed E-state index contributed by atoms with van der Waals surface area (Å²) in [6.45, 7) is 10.9. The van der Waals surface area contributed by atoms with Gasteiger partial charge in [0.15, 0.2) is 9.84 Å². The largest absolute Gasteiger partial charge is 0.346 e. The molecule has 6 nitrogen and oxygen atoms in total. The standard InChI is InChI=1S/C28H39N3O3S/c1-5-35(33,34)25-12-11-24(29-16-25)15-30-28(32)22-10-13-26-23(14-22)18-31(27(26)19(2)3)17-21-8-6-20(4)7-9-21/h10-14,16,19-21,27H,5-9,15,17-18H2,1-4H3,(H,30,32). The Morgan fingerprint density at radius 3 is 2.51 bits per heavy atom. The van der Waals surface area contributed by atoms with Gasteiger partial charge in [-0.1, -0.05) is 46.6 Å². The first-order chi connectivity index (χ1) is 16.7. The molecule has 2 aromatic rings. The molecule has 0 spiro atoms. The number of pyridine rings is 1. The lowest BCUT2D eigenvalue weighted by Gasteiger charge is -2.34. The number of carbonyl (C=O) groups is 1. The molecule has 0 bridgehead atoms. The molecule has 7 heteroatoms. The Bertz CT molecular complexity index is 1140. The highest BCUT2D eigenvalue weighted by molar-refractivity contribution is 7.91. The number of sulfone groups is 1. The van der Waals surface area contributed by atoms with Crippen LogP contribution in [0.5, 0.6) is 0 Å². The molecule has 1 N–H and O–H groups in total. The van der Waals surface area contributed by atoms with E-state index in [1.54, 1.807) is 19.1 Å². The van der Waals surface area contributed by atoms with Crippen LogP contribution < -0.4 is 5.32 Å². The highest BCUT2D eigenvalue weighted by Crippen LogP contribution is 2.41. The first kappa shape index (κ1) is 25.8. The van der Waals surface area contributed by atoms with Crippen LogP contribution in [0.25, 0.3) is 0 Å². The van der Waals surface area contributed by atoms with E-state index in [-0.39, 0.29) is 23.1 Å². The fraction of sp³-hybridized carbons (Fsp3) is 0.571. The molecule has 1 unspecified atom stereocenters. The molecule has 0 saturated heterocycles. The molecule has 1 aromatic carbocycles. The number of rotatable bonds is 8. The summed E-state index contributed by atoms with van der Waals surface area (Å²) in [7, 11) is -3.28. The molecule has 190 valence electrons. The van der Waals surface area contributed by atoms with Gasteiger partial charge < -0.3 is 5.32 Å². The van der Waals surface area contributed by atoms with Crippen molar-refractivity contribution >= 4 is 15.7 Å². The summed E-state index contributed by atoms with van der Waals surface area (Å²) in [5.74, 6) is 2.06. The number of benzene rings is 1. The molecule has 2 aliphatic rings. The van der Waals surface area contributed by atoms with Gasteiger partial charge in [-0.15, -0.1) is 0 Å². The fourth-order valence-electron chi connectivity index (χ4n) is 5.63. The summed E-state index contributed by atoms with van der Waals surface area (Å²) in [6, 6.07) is 9.73. The van der Waals surface area contributed by atoms with Crippen LogP contribution in [0.3, 0.4) is 0 Å². The van der Waals surface area contributed by atoms with Gasteiger partial charge in [0.05, 0.1) is 22.9 Å². The molecular weight excluding hydrogens is 458 g/mol. The van der Waals surface area contributed by atoms with Gasteiger partial charge in [-0.05, 0) is 66.0 Å². The van der Waals surface area contributed by atoms with Crippen molar-refractivity contribution in [2.75, 3.05) is 12.3 Å². The number of nitrogens with zero attached hydrogens (tertiary/aromatic N) is 2. The van der Waals surface area contributed by atoms with E-state index in [1.165, 1.54) is 43.0 Å². The van der Waals surface area contributed by atoms with Gasteiger partial charge in [-0.3, -0.25) is 14.7 Å². The van der Waals surface area contributed by atoms with Gasteiger partial charge in [-0.2, -0.15) is 0 Å². The Morgan fingerprint density at radius 2 is 1.89 bits per heavy atom. The minimum absolute atomic E-state index is 0.0397. The van der Waals surface area contributed by atoms with Crippen molar-refractivity contribution in [3.8, 4) is 0 Å². The second-order valence-corrected chi connectivity index (χ2v) is 13.0.